The van der Waals surface area contributed by atoms with Crippen LogP contribution >= 0.6 is 11.6 Å². The maximum Gasteiger partial charge on any atom is 0.243 e. The third-order valence-electron chi connectivity index (χ3n) is 3.78. The van der Waals surface area contributed by atoms with Gasteiger partial charge in [0.25, 0.3) is 0 Å². The van der Waals surface area contributed by atoms with E-state index in [4.69, 9.17) is 11.6 Å². The van der Waals surface area contributed by atoms with Crippen molar-refractivity contribution in [3.63, 3.8) is 0 Å². The SMILES string of the molecule is Cc1cc(Cl)ccc1S(=O)(=O)N(CCCN(C)C)CCCN(C)C. The van der Waals surface area contributed by atoms with Crippen LogP contribution in [0.25, 0.3) is 0 Å². The highest BCUT2D eigenvalue weighted by Gasteiger charge is 2.25. The second-order valence-corrected chi connectivity index (χ2v) is 8.97. The van der Waals surface area contributed by atoms with Crippen molar-refractivity contribution in [1.82, 2.24) is 14.1 Å². The first-order chi connectivity index (χ1) is 11.1. The number of hydrogen-bond acceptors (Lipinski definition) is 4. The van der Waals surface area contributed by atoms with Crippen molar-refractivity contribution in [2.24, 2.45) is 0 Å². The van der Waals surface area contributed by atoms with E-state index in [1.54, 1.807) is 29.4 Å². The van der Waals surface area contributed by atoms with Crippen LogP contribution in [-0.2, 0) is 10.0 Å². The minimum Gasteiger partial charge on any atom is -0.309 e. The standard InChI is InChI=1S/C17H30ClN3O2S/c1-15-14-16(18)8-9-17(15)24(22,23)21(12-6-10-19(2)3)13-7-11-20(4)5/h8-9,14H,6-7,10-13H2,1-5H3. The van der Waals surface area contributed by atoms with E-state index in [1.165, 1.54) is 0 Å². The van der Waals surface area contributed by atoms with Crippen LogP contribution < -0.4 is 0 Å². The molecule has 1 rings (SSSR count). The Morgan fingerprint density at radius 2 is 1.42 bits per heavy atom. The fourth-order valence-electron chi connectivity index (χ4n) is 2.52. The van der Waals surface area contributed by atoms with Gasteiger partial charge in [0.1, 0.15) is 0 Å². The molecular weight excluding hydrogens is 346 g/mol. The molecule has 7 heteroatoms. The molecule has 24 heavy (non-hydrogen) atoms. The highest BCUT2D eigenvalue weighted by atomic mass is 35.5. The Balaban J connectivity index is 2.96. The molecular formula is C17H30ClN3O2S. The van der Waals surface area contributed by atoms with Gasteiger partial charge in [0.15, 0.2) is 0 Å². The minimum atomic E-state index is -3.51. The summed E-state index contributed by atoms with van der Waals surface area (Å²) in [4.78, 5) is 4.48. The molecule has 0 fully saturated rings. The number of hydrogen-bond donors (Lipinski definition) is 0. The number of sulfonamides is 1. The summed E-state index contributed by atoms with van der Waals surface area (Å²) in [5, 5.41) is 0.554. The Hall–Kier alpha value is -0.660. The first kappa shape index (κ1) is 21.4. The molecule has 0 aliphatic heterocycles. The Morgan fingerprint density at radius 1 is 0.917 bits per heavy atom. The van der Waals surface area contributed by atoms with Crippen LogP contribution in [0.5, 0.6) is 0 Å². The Kier molecular flexibility index (Phi) is 8.67. The summed E-state index contributed by atoms with van der Waals surface area (Å²) in [6.07, 6.45) is 1.61. The summed E-state index contributed by atoms with van der Waals surface area (Å²) in [6, 6.07) is 4.95. The van der Waals surface area contributed by atoms with Crippen LogP contribution in [0.2, 0.25) is 5.02 Å². The first-order valence-electron chi connectivity index (χ1n) is 8.20. The fourth-order valence-corrected chi connectivity index (χ4v) is 4.47. The van der Waals surface area contributed by atoms with Crippen LogP contribution in [0, 0.1) is 6.92 Å². The van der Waals surface area contributed by atoms with Gasteiger partial charge in [0.2, 0.25) is 10.0 Å². The number of benzene rings is 1. The molecule has 0 radical (unpaired) electrons. The minimum absolute atomic E-state index is 0.349. The summed E-state index contributed by atoms with van der Waals surface area (Å²) < 4.78 is 27.8. The third-order valence-corrected chi connectivity index (χ3v) is 6.07. The molecule has 0 aliphatic rings. The second kappa shape index (κ2) is 9.73. The lowest BCUT2D eigenvalue weighted by Gasteiger charge is -2.24. The highest BCUT2D eigenvalue weighted by Crippen LogP contribution is 2.23. The van der Waals surface area contributed by atoms with Gasteiger partial charge in [-0.1, -0.05) is 11.6 Å². The van der Waals surface area contributed by atoms with Gasteiger partial charge in [-0.3, -0.25) is 0 Å². The van der Waals surface area contributed by atoms with E-state index in [-0.39, 0.29) is 0 Å². The number of nitrogens with zero attached hydrogens (tertiary/aromatic N) is 3. The van der Waals surface area contributed by atoms with Crippen molar-refractivity contribution < 1.29 is 8.42 Å². The van der Waals surface area contributed by atoms with Gasteiger partial charge in [-0.2, -0.15) is 4.31 Å². The van der Waals surface area contributed by atoms with Crippen LogP contribution in [0.15, 0.2) is 23.1 Å². The number of aryl methyl sites for hydroxylation is 1. The van der Waals surface area contributed by atoms with Gasteiger partial charge in [0.05, 0.1) is 4.90 Å². The molecule has 0 saturated carbocycles. The zero-order valence-corrected chi connectivity index (χ0v) is 17.0. The maximum absolute atomic E-state index is 13.1. The molecule has 0 bridgehead atoms. The Morgan fingerprint density at radius 3 is 1.83 bits per heavy atom. The monoisotopic (exact) mass is 375 g/mol. The van der Waals surface area contributed by atoms with Crippen molar-refractivity contribution in [3.05, 3.63) is 28.8 Å². The van der Waals surface area contributed by atoms with Crippen molar-refractivity contribution in [1.29, 1.82) is 0 Å². The first-order valence-corrected chi connectivity index (χ1v) is 10.0. The second-order valence-electron chi connectivity index (χ2n) is 6.63. The van der Waals surface area contributed by atoms with E-state index < -0.39 is 10.0 Å². The molecule has 0 spiro atoms. The van der Waals surface area contributed by atoms with Crippen LogP contribution in [0.1, 0.15) is 18.4 Å². The van der Waals surface area contributed by atoms with E-state index in [0.717, 1.165) is 25.9 Å². The zero-order valence-electron chi connectivity index (χ0n) is 15.4. The summed E-state index contributed by atoms with van der Waals surface area (Å²) in [7, 11) is 4.47. The van der Waals surface area contributed by atoms with Gasteiger partial charge in [-0.25, -0.2) is 8.42 Å². The van der Waals surface area contributed by atoms with E-state index in [2.05, 4.69) is 9.80 Å². The zero-order chi connectivity index (χ0) is 18.3. The average molecular weight is 376 g/mol. The molecule has 0 N–H and O–H groups in total. The number of rotatable bonds is 10. The number of halogens is 1. The van der Waals surface area contributed by atoms with E-state index in [9.17, 15) is 8.42 Å². The quantitative estimate of drug-likeness (QED) is 0.630. The molecule has 0 amide bonds. The summed E-state index contributed by atoms with van der Waals surface area (Å²) >= 11 is 5.96. The average Bonchev–Trinajstić information content (AvgIpc) is 2.44. The predicted octanol–water partition coefficient (Wildman–Crippen LogP) is 2.54. The van der Waals surface area contributed by atoms with Crippen LogP contribution in [-0.4, -0.2) is 76.9 Å². The normalized spacial score (nSPS) is 12.5. The molecule has 0 atom stereocenters. The van der Waals surface area contributed by atoms with Crippen molar-refractivity contribution in [2.75, 3.05) is 54.4 Å². The van der Waals surface area contributed by atoms with Gasteiger partial charge in [-0.15, -0.1) is 0 Å². The molecule has 0 aliphatic carbocycles. The van der Waals surface area contributed by atoms with Gasteiger partial charge in [-0.05, 0) is 84.8 Å². The molecule has 0 heterocycles. The molecule has 0 aromatic heterocycles. The fraction of sp³-hybridized carbons (Fsp3) is 0.647. The summed E-state index contributed by atoms with van der Waals surface area (Å²) in [6.45, 7) is 4.56. The molecule has 5 nitrogen and oxygen atoms in total. The molecule has 1 aromatic rings. The van der Waals surface area contributed by atoms with E-state index >= 15 is 0 Å². The summed E-state index contributed by atoms with van der Waals surface area (Å²) in [5.41, 5.74) is 0.688. The lowest BCUT2D eigenvalue weighted by Crippen LogP contribution is -2.35. The predicted molar refractivity (Wildman–Crippen MR) is 101 cm³/mol. The van der Waals surface area contributed by atoms with Crippen LogP contribution in [0.3, 0.4) is 0 Å². The maximum atomic E-state index is 13.1. The lowest BCUT2D eigenvalue weighted by atomic mass is 10.2. The molecule has 0 unspecified atom stereocenters. The Bertz CT molecular complexity index is 604. The van der Waals surface area contributed by atoms with Crippen molar-refractivity contribution >= 4 is 21.6 Å². The van der Waals surface area contributed by atoms with Gasteiger partial charge in [0, 0.05) is 18.1 Å². The lowest BCUT2D eigenvalue weighted by molar-refractivity contribution is 0.326. The van der Waals surface area contributed by atoms with E-state index in [1.807, 2.05) is 28.2 Å². The van der Waals surface area contributed by atoms with Gasteiger partial charge < -0.3 is 9.80 Å². The molecule has 138 valence electrons. The van der Waals surface area contributed by atoms with Crippen LogP contribution in [0.4, 0.5) is 0 Å². The topological polar surface area (TPSA) is 43.9 Å². The smallest absolute Gasteiger partial charge is 0.243 e. The van der Waals surface area contributed by atoms with E-state index in [0.29, 0.717) is 28.6 Å². The third kappa shape index (κ3) is 6.69. The largest absolute Gasteiger partial charge is 0.309 e. The highest BCUT2D eigenvalue weighted by molar-refractivity contribution is 7.89. The van der Waals surface area contributed by atoms with Crippen molar-refractivity contribution in [3.8, 4) is 0 Å². The Labute approximate surface area is 152 Å². The molecule has 1 aromatic carbocycles. The molecule has 0 saturated heterocycles. The summed E-state index contributed by atoms with van der Waals surface area (Å²) in [5.74, 6) is 0. The van der Waals surface area contributed by atoms with Gasteiger partial charge >= 0.3 is 0 Å². The van der Waals surface area contributed by atoms with Crippen molar-refractivity contribution in [2.45, 2.75) is 24.7 Å².